The van der Waals surface area contributed by atoms with E-state index in [0.29, 0.717) is 24.0 Å². The van der Waals surface area contributed by atoms with Gasteiger partial charge in [0.1, 0.15) is 0 Å². The average molecular weight is 242 g/mol. The Hall–Kier alpha value is -1.25. The van der Waals surface area contributed by atoms with Gasteiger partial charge < -0.3 is 0 Å². The van der Waals surface area contributed by atoms with E-state index in [-0.39, 0.29) is 5.92 Å². The molecule has 0 spiro atoms. The first-order valence-corrected chi connectivity index (χ1v) is 5.73. The van der Waals surface area contributed by atoms with E-state index in [1.54, 1.807) is 25.1 Å². The van der Waals surface area contributed by atoms with Crippen LogP contribution in [0.1, 0.15) is 42.9 Å². The van der Waals surface area contributed by atoms with Gasteiger partial charge in [-0.1, -0.05) is 44.5 Å². The van der Waals surface area contributed by atoms with Crippen molar-refractivity contribution in [2.75, 3.05) is 0 Å². The van der Waals surface area contributed by atoms with Gasteiger partial charge in [0.25, 0.3) is 0 Å². The van der Waals surface area contributed by atoms with Crippen LogP contribution < -0.4 is 0 Å². The van der Waals surface area contributed by atoms with Crippen molar-refractivity contribution in [2.45, 2.75) is 38.8 Å². The van der Waals surface area contributed by atoms with Crippen molar-refractivity contribution < 1.29 is 13.2 Å². The maximum Gasteiger partial charge on any atom is 0.416 e. The SMILES string of the molecule is C=CC(C)c1cccc(CCC)c1C(F)(F)F. The van der Waals surface area contributed by atoms with E-state index >= 15 is 0 Å². The second-order valence-electron chi connectivity index (χ2n) is 4.15. The number of allylic oxidation sites excluding steroid dienone is 1. The molecule has 3 heteroatoms. The lowest BCUT2D eigenvalue weighted by Crippen LogP contribution is -2.14. The highest BCUT2D eigenvalue weighted by atomic mass is 19.4. The lowest BCUT2D eigenvalue weighted by Gasteiger charge is -2.19. The Kier molecular flexibility index (Phi) is 4.38. The highest BCUT2D eigenvalue weighted by Gasteiger charge is 2.36. The van der Waals surface area contributed by atoms with Crippen molar-refractivity contribution in [1.29, 1.82) is 0 Å². The van der Waals surface area contributed by atoms with Gasteiger partial charge in [-0.15, -0.1) is 6.58 Å². The Morgan fingerprint density at radius 3 is 2.47 bits per heavy atom. The molecule has 1 unspecified atom stereocenters. The van der Waals surface area contributed by atoms with Gasteiger partial charge in [-0.3, -0.25) is 0 Å². The minimum atomic E-state index is -4.29. The summed E-state index contributed by atoms with van der Waals surface area (Å²) in [6.45, 7) is 7.18. The maximum absolute atomic E-state index is 13.1. The van der Waals surface area contributed by atoms with Crippen molar-refractivity contribution in [3.8, 4) is 0 Å². The van der Waals surface area contributed by atoms with E-state index in [0.717, 1.165) is 0 Å². The summed E-state index contributed by atoms with van der Waals surface area (Å²) in [5.41, 5.74) is 0.221. The molecule has 0 radical (unpaired) electrons. The molecule has 0 heterocycles. The first-order chi connectivity index (χ1) is 7.91. The fraction of sp³-hybridized carbons (Fsp3) is 0.429. The number of hydrogen-bond acceptors (Lipinski definition) is 0. The standard InChI is InChI=1S/C14H17F3/c1-4-7-11-8-6-9-12(10(3)5-2)13(11)14(15,16)17/h5-6,8-10H,2,4,7H2,1,3H3. The molecule has 1 aromatic rings. The van der Waals surface area contributed by atoms with Crippen LogP contribution in [0, 0.1) is 0 Å². The molecule has 0 saturated carbocycles. The first kappa shape index (κ1) is 13.8. The lowest BCUT2D eigenvalue weighted by atomic mass is 9.90. The van der Waals surface area contributed by atoms with Crippen molar-refractivity contribution in [3.05, 3.63) is 47.5 Å². The lowest BCUT2D eigenvalue weighted by molar-refractivity contribution is -0.138. The number of rotatable bonds is 4. The van der Waals surface area contributed by atoms with Crippen LogP contribution in [0.5, 0.6) is 0 Å². The third kappa shape index (κ3) is 3.11. The number of aryl methyl sites for hydroxylation is 1. The summed E-state index contributed by atoms with van der Waals surface area (Å²) in [6, 6.07) is 4.79. The molecular weight excluding hydrogens is 225 g/mol. The summed E-state index contributed by atoms with van der Waals surface area (Å²) in [6.07, 6.45) is -1.60. The van der Waals surface area contributed by atoms with E-state index in [1.165, 1.54) is 6.07 Å². The van der Waals surface area contributed by atoms with Crippen LogP contribution in [0.25, 0.3) is 0 Å². The zero-order chi connectivity index (χ0) is 13.1. The van der Waals surface area contributed by atoms with Gasteiger partial charge in [-0.05, 0) is 23.5 Å². The molecule has 94 valence electrons. The topological polar surface area (TPSA) is 0 Å². The predicted octanol–water partition coefficient (Wildman–Crippen LogP) is 4.95. The number of benzene rings is 1. The van der Waals surface area contributed by atoms with Gasteiger partial charge in [0.2, 0.25) is 0 Å². The predicted molar refractivity (Wildman–Crippen MR) is 64.1 cm³/mol. The minimum Gasteiger partial charge on any atom is -0.166 e. The van der Waals surface area contributed by atoms with Gasteiger partial charge in [-0.25, -0.2) is 0 Å². The Morgan fingerprint density at radius 1 is 1.35 bits per heavy atom. The molecule has 0 fully saturated rings. The summed E-state index contributed by atoms with van der Waals surface area (Å²) in [4.78, 5) is 0. The molecule has 0 aromatic heterocycles. The summed E-state index contributed by atoms with van der Waals surface area (Å²) in [5, 5.41) is 0. The van der Waals surface area contributed by atoms with Crippen LogP contribution in [-0.2, 0) is 12.6 Å². The van der Waals surface area contributed by atoms with Crippen LogP contribution in [0.15, 0.2) is 30.9 Å². The normalized spacial score (nSPS) is 13.5. The molecule has 0 nitrogen and oxygen atoms in total. The smallest absolute Gasteiger partial charge is 0.166 e. The molecule has 0 saturated heterocycles. The Bertz CT molecular complexity index is 391. The molecule has 0 aliphatic carbocycles. The number of halogens is 3. The fourth-order valence-corrected chi connectivity index (χ4v) is 1.95. The van der Waals surface area contributed by atoms with E-state index in [2.05, 4.69) is 6.58 Å². The van der Waals surface area contributed by atoms with Crippen molar-refractivity contribution in [1.82, 2.24) is 0 Å². The van der Waals surface area contributed by atoms with Crippen molar-refractivity contribution in [3.63, 3.8) is 0 Å². The highest BCUT2D eigenvalue weighted by Crippen LogP contribution is 2.38. The molecular formula is C14H17F3. The van der Waals surface area contributed by atoms with Gasteiger partial charge in [0, 0.05) is 0 Å². The summed E-state index contributed by atoms with van der Waals surface area (Å²) in [7, 11) is 0. The molecule has 1 aromatic carbocycles. The summed E-state index contributed by atoms with van der Waals surface area (Å²) in [5.74, 6) is -0.288. The van der Waals surface area contributed by atoms with Gasteiger partial charge in [0.05, 0.1) is 5.56 Å². The molecule has 0 amide bonds. The minimum absolute atomic E-state index is 0.288. The molecule has 0 aliphatic heterocycles. The van der Waals surface area contributed by atoms with Gasteiger partial charge in [-0.2, -0.15) is 13.2 Å². The van der Waals surface area contributed by atoms with Crippen LogP contribution >= 0.6 is 0 Å². The molecule has 1 atom stereocenters. The average Bonchev–Trinajstić information content (AvgIpc) is 2.26. The number of hydrogen-bond donors (Lipinski definition) is 0. The Labute approximate surface area is 100 Å². The molecule has 17 heavy (non-hydrogen) atoms. The summed E-state index contributed by atoms with van der Waals surface area (Å²) >= 11 is 0. The van der Waals surface area contributed by atoms with E-state index in [1.807, 2.05) is 6.92 Å². The zero-order valence-corrected chi connectivity index (χ0v) is 10.1. The Balaban J connectivity index is 3.39. The van der Waals surface area contributed by atoms with Gasteiger partial charge in [0.15, 0.2) is 0 Å². The van der Waals surface area contributed by atoms with Crippen LogP contribution in [0.3, 0.4) is 0 Å². The van der Waals surface area contributed by atoms with E-state index in [4.69, 9.17) is 0 Å². The third-order valence-electron chi connectivity index (χ3n) is 2.83. The van der Waals surface area contributed by atoms with E-state index < -0.39 is 11.7 Å². The second-order valence-corrected chi connectivity index (χ2v) is 4.15. The quantitative estimate of drug-likeness (QED) is 0.655. The molecule has 0 bridgehead atoms. The van der Waals surface area contributed by atoms with Crippen LogP contribution in [0.2, 0.25) is 0 Å². The van der Waals surface area contributed by atoms with Crippen molar-refractivity contribution in [2.24, 2.45) is 0 Å². The molecule has 0 aliphatic rings. The second kappa shape index (κ2) is 5.39. The Morgan fingerprint density at radius 2 is 2.00 bits per heavy atom. The van der Waals surface area contributed by atoms with Gasteiger partial charge >= 0.3 is 6.18 Å². The largest absolute Gasteiger partial charge is 0.416 e. The fourth-order valence-electron chi connectivity index (χ4n) is 1.95. The highest BCUT2D eigenvalue weighted by molar-refractivity contribution is 5.41. The monoisotopic (exact) mass is 242 g/mol. The van der Waals surface area contributed by atoms with Crippen LogP contribution in [-0.4, -0.2) is 0 Å². The maximum atomic E-state index is 13.1. The van der Waals surface area contributed by atoms with Crippen molar-refractivity contribution >= 4 is 0 Å². The number of alkyl halides is 3. The molecule has 1 rings (SSSR count). The zero-order valence-electron chi connectivity index (χ0n) is 10.1. The van der Waals surface area contributed by atoms with E-state index in [9.17, 15) is 13.2 Å². The summed E-state index contributed by atoms with van der Waals surface area (Å²) < 4.78 is 39.3. The third-order valence-corrected chi connectivity index (χ3v) is 2.83. The first-order valence-electron chi connectivity index (χ1n) is 5.73. The van der Waals surface area contributed by atoms with Crippen LogP contribution in [0.4, 0.5) is 13.2 Å². The molecule has 0 N–H and O–H groups in total.